The van der Waals surface area contributed by atoms with Gasteiger partial charge >= 0.3 is 0 Å². The van der Waals surface area contributed by atoms with Gasteiger partial charge in [0.1, 0.15) is 5.75 Å². The summed E-state index contributed by atoms with van der Waals surface area (Å²) in [5.74, 6) is 1.08. The topological polar surface area (TPSA) is 50.4 Å². The number of rotatable bonds is 8. The van der Waals surface area contributed by atoms with Gasteiger partial charge in [0, 0.05) is 17.7 Å². The number of piperidine rings is 1. The van der Waals surface area contributed by atoms with E-state index in [4.69, 9.17) is 4.74 Å². The van der Waals surface area contributed by atoms with Crippen LogP contribution in [0.25, 0.3) is 0 Å². The summed E-state index contributed by atoms with van der Waals surface area (Å²) in [6.45, 7) is 4.80. The first-order valence-corrected chi connectivity index (χ1v) is 8.54. The van der Waals surface area contributed by atoms with Gasteiger partial charge in [0.25, 0.3) is 0 Å². The molecule has 0 radical (unpaired) electrons. The summed E-state index contributed by atoms with van der Waals surface area (Å²) < 4.78 is 5.76. The quantitative estimate of drug-likeness (QED) is 0.722. The third kappa shape index (κ3) is 5.68. The molecule has 1 aliphatic rings. The van der Waals surface area contributed by atoms with Crippen LogP contribution >= 0.6 is 0 Å². The van der Waals surface area contributed by atoms with Gasteiger partial charge in [0.2, 0.25) is 5.91 Å². The maximum atomic E-state index is 12.2. The summed E-state index contributed by atoms with van der Waals surface area (Å²) >= 11 is 0. The summed E-state index contributed by atoms with van der Waals surface area (Å²) in [7, 11) is 0. The number of carbonyl (C=O) groups is 1. The number of nitrogens with one attached hydrogen (secondary N) is 2. The molecule has 2 N–H and O–H groups in total. The highest BCUT2D eigenvalue weighted by Gasteiger charge is 2.20. The monoisotopic (exact) mass is 304 g/mol. The van der Waals surface area contributed by atoms with Crippen molar-refractivity contribution in [2.45, 2.75) is 45.4 Å². The van der Waals surface area contributed by atoms with Crippen LogP contribution in [-0.4, -0.2) is 25.6 Å². The Morgan fingerprint density at radius 1 is 1.27 bits per heavy atom. The molecule has 1 aromatic rings. The Balaban J connectivity index is 1.78. The molecule has 0 spiro atoms. The number of carbonyl (C=O) groups excluding carboxylic acids is 1. The Hall–Kier alpha value is -1.55. The van der Waals surface area contributed by atoms with E-state index in [0.717, 1.165) is 50.4 Å². The molecule has 1 amide bonds. The van der Waals surface area contributed by atoms with Crippen LogP contribution in [-0.2, 0) is 4.79 Å². The van der Waals surface area contributed by atoms with Gasteiger partial charge in [0.05, 0.1) is 6.61 Å². The smallest absolute Gasteiger partial charge is 0.227 e. The van der Waals surface area contributed by atoms with Crippen LogP contribution in [0.5, 0.6) is 5.75 Å². The summed E-state index contributed by atoms with van der Waals surface area (Å²) in [4.78, 5) is 12.2. The van der Waals surface area contributed by atoms with Crippen molar-refractivity contribution in [2.24, 2.45) is 5.92 Å². The average Bonchev–Trinajstić information content (AvgIpc) is 2.56. The highest BCUT2D eigenvalue weighted by molar-refractivity contribution is 5.92. The minimum Gasteiger partial charge on any atom is -0.494 e. The predicted molar refractivity (Wildman–Crippen MR) is 90.3 cm³/mol. The molecule has 1 saturated heterocycles. The van der Waals surface area contributed by atoms with Crippen molar-refractivity contribution < 1.29 is 9.53 Å². The van der Waals surface area contributed by atoms with Crippen molar-refractivity contribution in [1.29, 1.82) is 0 Å². The fraction of sp³-hybridized carbons (Fsp3) is 0.611. The molecular weight excluding hydrogens is 276 g/mol. The van der Waals surface area contributed by atoms with E-state index in [9.17, 15) is 4.79 Å². The highest BCUT2D eigenvalue weighted by Crippen LogP contribution is 2.20. The Bertz CT molecular complexity index is 456. The van der Waals surface area contributed by atoms with E-state index >= 15 is 0 Å². The molecule has 4 heteroatoms. The molecule has 0 bridgehead atoms. The van der Waals surface area contributed by atoms with Crippen molar-refractivity contribution in [1.82, 2.24) is 5.32 Å². The van der Waals surface area contributed by atoms with Crippen molar-refractivity contribution in [3.63, 3.8) is 0 Å². The minimum absolute atomic E-state index is 0.125. The maximum absolute atomic E-state index is 12.2. The van der Waals surface area contributed by atoms with Crippen molar-refractivity contribution in [2.75, 3.05) is 25.0 Å². The second-order valence-electron chi connectivity index (χ2n) is 5.95. The van der Waals surface area contributed by atoms with Gasteiger partial charge in [-0.1, -0.05) is 32.3 Å². The number of hydrogen-bond acceptors (Lipinski definition) is 3. The fourth-order valence-electron chi connectivity index (χ4n) is 2.71. The number of ether oxygens (including phenoxy) is 1. The molecule has 2 rings (SSSR count). The van der Waals surface area contributed by atoms with E-state index in [2.05, 4.69) is 17.6 Å². The van der Waals surface area contributed by atoms with Crippen LogP contribution in [0.3, 0.4) is 0 Å². The van der Waals surface area contributed by atoms with Crippen molar-refractivity contribution >= 4 is 11.6 Å². The first-order valence-electron chi connectivity index (χ1n) is 8.54. The molecule has 0 aliphatic carbocycles. The SMILES string of the molecule is CCCCCCOc1cccc(NC(=O)C2CCNCC2)c1. The Morgan fingerprint density at radius 2 is 2.09 bits per heavy atom. The van der Waals surface area contributed by atoms with Gasteiger partial charge in [-0.15, -0.1) is 0 Å². The van der Waals surface area contributed by atoms with Gasteiger partial charge in [-0.3, -0.25) is 4.79 Å². The van der Waals surface area contributed by atoms with E-state index < -0.39 is 0 Å². The lowest BCUT2D eigenvalue weighted by molar-refractivity contribution is -0.120. The van der Waals surface area contributed by atoms with Gasteiger partial charge < -0.3 is 15.4 Å². The highest BCUT2D eigenvalue weighted by atomic mass is 16.5. The molecule has 0 unspecified atom stereocenters. The van der Waals surface area contributed by atoms with Gasteiger partial charge in [-0.2, -0.15) is 0 Å². The Labute approximate surface area is 133 Å². The molecule has 122 valence electrons. The van der Waals surface area contributed by atoms with Crippen LogP contribution in [0.15, 0.2) is 24.3 Å². The largest absolute Gasteiger partial charge is 0.494 e. The van der Waals surface area contributed by atoms with Gasteiger partial charge in [-0.25, -0.2) is 0 Å². The number of amides is 1. The maximum Gasteiger partial charge on any atom is 0.227 e. The number of benzene rings is 1. The summed E-state index contributed by atoms with van der Waals surface area (Å²) in [6.07, 6.45) is 6.62. The molecule has 1 fully saturated rings. The molecule has 0 saturated carbocycles. The number of anilines is 1. The summed E-state index contributed by atoms with van der Waals surface area (Å²) in [5.41, 5.74) is 0.828. The van der Waals surface area contributed by atoms with Gasteiger partial charge in [0.15, 0.2) is 0 Å². The van der Waals surface area contributed by atoms with Crippen LogP contribution in [0, 0.1) is 5.92 Å². The Kier molecular flexibility index (Phi) is 7.23. The first kappa shape index (κ1) is 16.8. The number of unbranched alkanes of at least 4 members (excludes halogenated alkanes) is 3. The van der Waals surface area contributed by atoms with E-state index in [-0.39, 0.29) is 11.8 Å². The zero-order valence-corrected chi connectivity index (χ0v) is 13.6. The fourth-order valence-corrected chi connectivity index (χ4v) is 2.71. The first-order chi connectivity index (χ1) is 10.8. The van der Waals surface area contributed by atoms with Crippen molar-refractivity contribution in [3.8, 4) is 5.75 Å². The summed E-state index contributed by atoms with van der Waals surface area (Å²) in [6, 6.07) is 7.71. The van der Waals surface area contributed by atoms with E-state index in [1.54, 1.807) is 0 Å². The molecule has 0 atom stereocenters. The lowest BCUT2D eigenvalue weighted by Gasteiger charge is -2.21. The third-order valence-electron chi connectivity index (χ3n) is 4.08. The van der Waals surface area contributed by atoms with Crippen LogP contribution in [0.2, 0.25) is 0 Å². The van der Waals surface area contributed by atoms with Crippen molar-refractivity contribution in [3.05, 3.63) is 24.3 Å². The second-order valence-corrected chi connectivity index (χ2v) is 5.95. The summed E-state index contributed by atoms with van der Waals surface area (Å²) in [5, 5.41) is 6.30. The van der Waals surface area contributed by atoms with Crippen LogP contribution < -0.4 is 15.4 Å². The zero-order chi connectivity index (χ0) is 15.6. The second kappa shape index (κ2) is 9.46. The van der Waals surface area contributed by atoms with E-state index in [1.165, 1.54) is 19.3 Å². The molecule has 1 aromatic carbocycles. The van der Waals surface area contributed by atoms with E-state index in [1.807, 2.05) is 24.3 Å². The normalized spacial score (nSPS) is 15.5. The predicted octanol–water partition coefficient (Wildman–Crippen LogP) is 3.58. The average molecular weight is 304 g/mol. The third-order valence-corrected chi connectivity index (χ3v) is 4.08. The number of hydrogen-bond donors (Lipinski definition) is 2. The molecule has 1 heterocycles. The zero-order valence-electron chi connectivity index (χ0n) is 13.6. The molecule has 1 aliphatic heterocycles. The Morgan fingerprint density at radius 3 is 2.86 bits per heavy atom. The lowest BCUT2D eigenvalue weighted by Crippen LogP contribution is -2.34. The van der Waals surface area contributed by atoms with Gasteiger partial charge in [-0.05, 0) is 44.5 Å². The standard InChI is InChI=1S/C18H28N2O2/c1-2-3-4-5-13-22-17-8-6-7-16(14-17)20-18(21)15-9-11-19-12-10-15/h6-8,14-15,19H,2-5,9-13H2,1H3,(H,20,21). The van der Waals surface area contributed by atoms with Crippen LogP contribution in [0.1, 0.15) is 45.4 Å². The lowest BCUT2D eigenvalue weighted by atomic mass is 9.97. The molecule has 22 heavy (non-hydrogen) atoms. The molecule has 4 nitrogen and oxygen atoms in total. The van der Waals surface area contributed by atoms with E-state index in [0.29, 0.717) is 0 Å². The molecular formula is C18H28N2O2. The molecule has 0 aromatic heterocycles. The van der Waals surface area contributed by atoms with Crippen LogP contribution in [0.4, 0.5) is 5.69 Å². The minimum atomic E-state index is 0.125.